The summed E-state index contributed by atoms with van der Waals surface area (Å²) < 4.78 is 38.3. The van der Waals surface area contributed by atoms with Crippen LogP contribution < -0.4 is 0 Å². The Hall–Kier alpha value is -0.910. The third kappa shape index (κ3) is 2.43. The molecule has 0 atom stereocenters. The van der Waals surface area contributed by atoms with Crippen molar-refractivity contribution in [3.63, 3.8) is 0 Å². The molecule has 18 heavy (non-hydrogen) atoms. The van der Waals surface area contributed by atoms with Crippen molar-refractivity contribution in [2.45, 2.75) is 6.18 Å². The highest BCUT2D eigenvalue weighted by atomic mass is 35.5. The molecule has 7 heteroatoms. The zero-order valence-electron chi connectivity index (χ0n) is 8.55. The van der Waals surface area contributed by atoms with Gasteiger partial charge in [0.15, 0.2) is 0 Å². The van der Waals surface area contributed by atoms with Gasteiger partial charge in [-0.05, 0) is 11.4 Å². The molecule has 0 unspecified atom stereocenters. The molecule has 1 heterocycles. The summed E-state index contributed by atoms with van der Waals surface area (Å²) in [5.74, 6) is -0.269. The molecule has 0 saturated carbocycles. The fourth-order valence-corrected chi connectivity index (χ4v) is 2.75. The molecule has 0 radical (unpaired) electrons. The standard InChI is InChI=1S/C11H5Cl2F3OS/c12-8-2-10(17)9(13)1-5(8)6-3-18-4-7(6)11(14,15)16/h1-4,17H. The number of thiophene rings is 1. The van der Waals surface area contributed by atoms with Gasteiger partial charge in [0.2, 0.25) is 0 Å². The van der Waals surface area contributed by atoms with E-state index < -0.39 is 11.7 Å². The van der Waals surface area contributed by atoms with Crippen molar-refractivity contribution < 1.29 is 18.3 Å². The maximum absolute atomic E-state index is 12.8. The minimum absolute atomic E-state index is 0.0146. The predicted octanol–water partition coefficient (Wildman–Crippen LogP) is 5.45. The zero-order chi connectivity index (χ0) is 13.5. The van der Waals surface area contributed by atoms with Gasteiger partial charge >= 0.3 is 6.18 Å². The Balaban J connectivity index is 2.64. The molecule has 0 aliphatic heterocycles. The summed E-state index contributed by atoms with van der Waals surface area (Å²) in [6.45, 7) is 0. The molecule has 1 N–H and O–H groups in total. The largest absolute Gasteiger partial charge is 0.506 e. The van der Waals surface area contributed by atoms with Gasteiger partial charge in [-0.3, -0.25) is 0 Å². The van der Waals surface area contributed by atoms with Crippen LogP contribution in [0.3, 0.4) is 0 Å². The van der Waals surface area contributed by atoms with E-state index in [4.69, 9.17) is 23.2 Å². The molecular formula is C11H5Cl2F3OS. The number of benzene rings is 1. The van der Waals surface area contributed by atoms with E-state index in [1.807, 2.05) is 0 Å². The van der Waals surface area contributed by atoms with Gasteiger partial charge in [-0.2, -0.15) is 24.5 Å². The van der Waals surface area contributed by atoms with Crippen LogP contribution in [0.1, 0.15) is 5.56 Å². The van der Waals surface area contributed by atoms with Crippen LogP contribution in [0, 0.1) is 0 Å². The number of hydrogen-bond acceptors (Lipinski definition) is 2. The highest BCUT2D eigenvalue weighted by Crippen LogP contribution is 2.43. The van der Waals surface area contributed by atoms with E-state index in [0.717, 1.165) is 22.8 Å². The Kier molecular flexibility index (Phi) is 3.49. The van der Waals surface area contributed by atoms with Crippen molar-refractivity contribution in [1.82, 2.24) is 0 Å². The second-order valence-corrected chi connectivity index (χ2v) is 5.04. The van der Waals surface area contributed by atoms with Crippen LogP contribution in [0.2, 0.25) is 10.0 Å². The number of aromatic hydroxyl groups is 1. The van der Waals surface area contributed by atoms with E-state index in [1.54, 1.807) is 0 Å². The van der Waals surface area contributed by atoms with E-state index in [0.29, 0.717) is 0 Å². The minimum Gasteiger partial charge on any atom is -0.506 e. The molecule has 0 bridgehead atoms. The SMILES string of the molecule is Oc1cc(Cl)c(-c2cscc2C(F)(F)F)cc1Cl. The summed E-state index contributed by atoms with van der Waals surface area (Å²) in [5.41, 5.74) is -0.663. The molecule has 0 amide bonds. The molecule has 2 aromatic rings. The van der Waals surface area contributed by atoms with Crippen molar-refractivity contribution in [3.8, 4) is 16.9 Å². The lowest BCUT2D eigenvalue weighted by Crippen LogP contribution is -2.04. The lowest BCUT2D eigenvalue weighted by molar-refractivity contribution is -0.136. The van der Waals surface area contributed by atoms with E-state index >= 15 is 0 Å². The second kappa shape index (κ2) is 4.64. The average molecular weight is 313 g/mol. The van der Waals surface area contributed by atoms with Crippen LogP contribution >= 0.6 is 34.5 Å². The molecule has 0 fully saturated rings. The van der Waals surface area contributed by atoms with Gasteiger partial charge in [0, 0.05) is 22.6 Å². The normalized spacial score (nSPS) is 11.8. The number of rotatable bonds is 1. The fourth-order valence-electron chi connectivity index (χ4n) is 1.47. The maximum Gasteiger partial charge on any atom is 0.417 e. The van der Waals surface area contributed by atoms with Crippen molar-refractivity contribution in [1.29, 1.82) is 0 Å². The van der Waals surface area contributed by atoms with Crippen LogP contribution in [0.5, 0.6) is 5.75 Å². The Morgan fingerprint density at radius 1 is 1.00 bits per heavy atom. The number of phenolic OH excluding ortho intramolecular Hbond substituents is 1. The lowest BCUT2D eigenvalue weighted by Gasteiger charge is -2.10. The zero-order valence-corrected chi connectivity index (χ0v) is 10.9. The molecule has 0 spiro atoms. The molecular weight excluding hydrogens is 308 g/mol. The van der Waals surface area contributed by atoms with Crippen molar-refractivity contribution in [3.05, 3.63) is 38.5 Å². The molecule has 1 aromatic carbocycles. The second-order valence-electron chi connectivity index (χ2n) is 3.48. The van der Waals surface area contributed by atoms with Crippen LogP contribution in [0.25, 0.3) is 11.1 Å². The summed E-state index contributed by atoms with van der Waals surface area (Å²) in [6, 6.07) is 2.34. The maximum atomic E-state index is 12.8. The summed E-state index contributed by atoms with van der Waals surface area (Å²) in [5, 5.41) is 11.6. The van der Waals surface area contributed by atoms with Gasteiger partial charge in [-0.15, -0.1) is 0 Å². The average Bonchev–Trinajstić information content (AvgIpc) is 2.71. The summed E-state index contributed by atoms with van der Waals surface area (Å²) in [6.07, 6.45) is -4.46. The molecule has 96 valence electrons. The minimum atomic E-state index is -4.46. The van der Waals surface area contributed by atoms with Crippen molar-refractivity contribution >= 4 is 34.5 Å². The molecule has 0 saturated heterocycles. The summed E-state index contributed by atoms with van der Waals surface area (Å²) in [4.78, 5) is 0. The quantitative estimate of drug-likeness (QED) is 0.742. The van der Waals surface area contributed by atoms with E-state index in [1.165, 1.54) is 11.4 Å². The van der Waals surface area contributed by atoms with Gasteiger partial charge in [-0.1, -0.05) is 23.2 Å². The van der Waals surface area contributed by atoms with Gasteiger partial charge in [0.25, 0.3) is 0 Å². The molecule has 1 nitrogen and oxygen atoms in total. The highest BCUT2D eigenvalue weighted by Gasteiger charge is 2.34. The van der Waals surface area contributed by atoms with Gasteiger partial charge in [0.05, 0.1) is 15.6 Å². The Morgan fingerprint density at radius 3 is 2.28 bits per heavy atom. The molecule has 1 aromatic heterocycles. The van der Waals surface area contributed by atoms with Gasteiger partial charge < -0.3 is 5.11 Å². The van der Waals surface area contributed by atoms with Crippen molar-refractivity contribution in [2.24, 2.45) is 0 Å². The Morgan fingerprint density at radius 2 is 1.67 bits per heavy atom. The molecule has 0 aliphatic carbocycles. The smallest absolute Gasteiger partial charge is 0.417 e. The van der Waals surface area contributed by atoms with Crippen LogP contribution in [0.4, 0.5) is 13.2 Å². The third-order valence-corrected chi connectivity index (χ3v) is 3.65. The topological polar surface area (TPSA) is 20.2 Å². The Bertz CT molecular complexity index is 592. The monoisotopic (exact) mass is 312 g/mol. The lowest BCUT2D eigenvalue weighted by atomic mass is 10.0. The van der Waals surface area contributed by atoms with E-state index in [9.17, 15) is 18.3 Å². The van der Waals surface area contributed by atoms with Gasteiger partial charge in [-0.25, -0.2) is 0 Å². The first-order valence-corrected chi connectivity index (χ1v) is 6.32. The first-order valence-electron chi connectivity index (χ1n) is 4.62. The molecule has 2 rings (SSSR count). The van der Waals surface area contributed by atoms with E-state index in [-0.39, 0.29) is 26.9 Å². The summed E-state index contributed by atoms with van der Waals surface area (Å²) >= 11 is 12.4. The Labute approximate surface area is 114 Å². The first-order chi connectivity index (χ1) is 8.30. The highest BCUT2D eigenvalue weighted by molar-refractivity contribution is 7.08. The summed E-state index contributed by atoms with van der Waals surface area (Å²) in [7, 11) is 0. The fraction of sp³-hybridized carbons (Fsp3) is 0.0909. The predicted molar refractivity (Wildman–Crippen MR) is 66.4 cm³/mol. The number of halogens is 5. The number of phenols is 1. The van der Waals surface area contributed by atoms with Crippen LogP contribution in [-0.4, -0.2) is 5.11 Å². The molecule has 0 aliphatic rings. The first kappa shape index (κ1) is 13.5. The van der Waals surface area contributed by atoms with E-state index in [2.05, 4.69) is 0 Å². The van der Waals surface area contributed by atoms with Crippen LogP contribution in [0.15, 0.2) is 22.9 Å². The van der Waals surface area contributed by atoms with Crippen molar-refractivity contribution in [2.75, 3.05) is 0 Å². The van der Waals surface area contributed by atoms with Gasteiger partial charge in [0.1, 0.15) is 5.75 Å². The number of alkyl halides is 3. The number of hydrogen-bond donors (Lipinski definition) is 1. The third-order valence-electron chi connectivity index (χ3n) is 2.29. The van der Waals surface area contributed by atoms with Crippen LogP contribution in [-0.2, 0) is 6.18 Å².